The predicted octanol–water partition coefficient (Wildman–Crippen LogP) is 5.66. The highest BCUT2D eigenvalue weighted by Gasteiger charge is 2.22. The van der Waals surface area contributed by atoms with Gasteiger partial charge in [-0.3, -0.25) is 0 Å². The zero-order valence-corrected chi connectivity index (χ0v) is 15.0. The maximum Gasteiger partial charge on any atom is 0.231 e. The Morgan fingerprint density at radius 2 is 1.63 bits per heavy atom. The average molecular weight is 353 g/mol. The lowest BCUT2D eigenvalue weighted by molar-refractivity contribution is 0.174. The molecule has 1 aliphatic heterocycles. The molecule has 0 N–H and O–H groups in total. The predicted molar refractivity (Wildman–Crippen MR) is 107 cm³/mol. The van der Waals surface area contributed by atoms with E-state index >= 15 is 0 Å². The fraction of sp³-hybridized carbons (Fsp3) is 0.208. The van der Waals surface area contributed by atoms with E-state index in [-0.39, 0.29) is 0 Å². The molecular formula is C24H19NO2. The minimum Gasteiger partial charge on any atom is -0.454 e. The summed E-state index contributed by atoms with van der Waals surface area (Å²) in [6, 6.07) is 19.2. The number of benzene rings is 3. The Labute approximate surface area is 157 Å². The molecule has 3 aromatic carbocycles. The van der Waals surface area contributed by atoms with Gasteiger partial charge in [-0.15, -0.1) is 0 Å². The van der Waals surface area contributed by atoms with Crippen molar-refractivity contribution in [3.63, 3.8) is 0 Å². The monoisotopic (exact) mass is 353 g/mol. The van der Waals surface area contributed by atoms with Gasteiger partial charge in [0, 0.05) is 10.9 Å². The van der Waals surface area contributed by atoms with Crippen LogP contribution in [0.2, 0.25) is 0 Å². The minimum atomic E-state index is 0.300. The van der Waals surface area contributed by atoms with Crippen molar-refractivity contribution < 1.29 is 9.47 Å². The van der Waals surface area contributed by atoms with Crippen LogP contribution < -0.4 is 9.47 Å². The molecule has 2 aliphatic rings. The Bertz CT molecular complexity index is 1210. The summed E-state index contributed by atoms with van der Waals surface area (Å²) in [6.45, 7) is 0.300. The first-order valence-corrected chi connectivity index (χ1v) is 9.62. The van der Waals surface area contributed by atoms with E-state index < -0.39 is 0 Å². The van der Waals surface area contributed by atoms with Crippen LogP contribution in [-0.4, -0.2) is 11.8 Å². The van der Waals surface area contributed by atoms with Gasteiger partial charge in [-0.25, -0.2) is 4.98 Å². The molecule has 3 nitrogen and oxygen atoms in total. The van der Waals surface area contributed by atoms with Gasteiger partial charge >= 0.3 is 0 Å². The summed E-state index contributed by atoms with van der Waals surface area (Å²) in [6.07, 6.45) is 4.68. The Morgan fingerprint density at radius 1 is 0.778 bits per heavy atom. The highest BCUT2D eigenvalue weighted by Crippen LogP contribution is 2.41. The number of nitrogens with zero attached hydrogens (tertiary/aromatic N) is 1. The molecule has 0 unspecified atom stereocenters. The molecule has 3 heteroatoms. The average Bonchev–Trinajstić information content (AvgIpc) is 3.20. The molecule has 0 fully saturated rings. The van der Waals surface area contributed by atoms with Gasteiger partial charge in [-0.2, -0.15) is 0 Å². The summed E-state index contributed by atoms with van der Waals surface area (Å²) in [5.74, 6) is 1.64. The second kappa shape index (κ2) is 5.71. The van der Waals surface area contributed by atoms with Crippen molar-refractivity contribution in [1.82, 2.24) is 4.98 Å². The molecule has 0 saturated carbocycles. The van der Waals surface area contributed by atoms with Crippen LogP contribution in [0.25, 0.3) is 32.9 Å². The molecule has 4 aromatic rings. The van der Waals surface area contributed by atoms with E-state index in [0.29, 0.717) is 6.79 Å². The number of hydrogen-bond donors (Lipinski definition) is 0. The van der Waals surface area contributed by atoms with Crippen molar-refractivity contribution in [3.05, 3.63) is 65.7 Å². The van der Waals surface area contributed by atoms with Gasteiger partial charge in [-0.05, 0) is 71.8 Å². The van der Waals surface area contributed by atoms with Gasteiger partial charge in [0.25, 0.3) is 0 Å². The summed E-state index contributed by atoms with van der Waals surface area (Å²) >= 11 is 0. The third-order valence-corrected chi connectivity index (χ3v) is 5.84. The summed E-state index contributed by atoms with van der Waals surface area (Å²) in [4.78, 5) is 5.14. The molecule has 0 saturated heterocycles. The number of pyridine rings is 1. The van der Waals surface area contributed by atoms with Crippen LogP contribution in [0.1, 0.15) is 24.0 Å². The van der Waals surface area contributed by atoms with Crippen molar-refractivity contribution in [2.45, 2.75) is 25.7 Å². The van der Waals surface area contributed by atoms with Gasteiger partial charge in [0.2, 0.25) is 6.79 Å². The van der Waals surface area contributed by atoms with Crippen molar-refractivity contribution in [2.24, 2.45) is 0 Å². The van der Waals surface area contributed by atoms with Gasteiger partial charge in [0.15, 0.2) is 11.5 Å². The molecule has 0 radical (unpaired) electrons. The fourth-order valence-electron chi connectivity index (χ4n) is 4.58. The van der Waals surface area contributed by atoms with Gasteiger partial charge in [0.05, 0.1) is 11.2 Å². The second-order valence-electron chi connectivity index (χ2n) is 7.37. The van der Waals surface area contributed by atoms with E-state index in [0.717, 1.165) is 41.1 Å². The van der Waals surface area contributed by atoms with Crippen molar-refractivity contribution in [1.29, 1.82) is 0 Å². The van der Waals surface area contributed by atoms with E-state index in [4.69, 9.17) is 14.5 Å². The van der Waals surface area contributed by atoms with Crippen molar-refractivity contribution in [2.75, 3.05) is 6.79 Å². The first-order valence-electron chi connectivity index (χ1n) is 9.62. The maximum atomic E-state index is 5.60. The second-order valence-corrected chi connectivity index (χ2v) is 7.37. The van der Waals surface area contributed by atoms with Gasteiger partial charge in [-0.1, -0.05) is 30.3 Å². The van der Waals surface area contributed by atoms with Crippen LogP contribution in [0, 0.1) is 0 Å². The van der Waals surface area contributed by atoms with Gasteiger partial charge in [0.1, 0.15) is 0 Å². The fourth-order valence-corrected chi connectivity index (χ4v) is 4.58. The van der Waals surface area contributed by atoms with Crippen LogP contribution in [0.15, 0.2) is 54.6 Å². The standard InChI is InChI=1S/C24H19NO2/c1-2-6-17-15(5-1)9-11-20-23(17)18-7-3-4-8-19(18)24(25-20)16-10-12-21-22(13-16)27-14-26-21/h1-2,5-6,9-13H,3-4,7-8,14H2. The zero-order chi connectivity index (χ0) is 17.8. The third kappa shape index (κ3) is 2.24. The molecule has 0 atom stereocenters. The highest BCUT2D eigenvalue weighted by atomic mass is 16.7. The number of aromatic nitrogens is 1. The van der Waals surface area contributed by atoms with Crippen molar-refractivity contribution >= 4 is 21.7 Å². The van der Waals surface area contributed by atoms with E-state index in [1.807, 2.05) is 6.07 Å². The summed E-state index contributed by atoms with van der Waals surface area (Å²) < 4.78 is 11.1. The highest BCUT2D eigenvalue weighted by molar-refractivity contribution is 6.09. The lowest BCUT2D eigenvalue weighted by atomic mass is 9.85. The molecule has 1 aliphatic carbocycles. The van der Waals surface area contributed by atoms with E-state index in [1.165, 1.54) is 40.1 Å². The lowest BCUT2D eigenvalue weighted by Crippen LogP contribution is -2.08. The molecule has 0 bridgehead atoms. The summed E-state index contributed by atoms with van der Waals surface area (Å²) in [7, 11) is 0. The maximum absolute atomic E-state index is 5.60. The number of fused-ring (bicyclic) bond motifs is 6. The Kier molecular flexibility index (Phi) is 3.18. The van der Waals surface area contributed by atoms with Crippen LogP contribution in [0.5, 0.6) is 11.5 Å². The molecule has 0 amide bonds. The van der Waals surface area contributed by atoms with Crippen LogP contribution in [0.3, 0.4) is 0 Å². The first-order chi connectivity index (χ1) is 13.4. The molecule has 27 heavy (non-hydrogen) atoms. The van der Waals surface area contributed by atoms with Crippen molar-refractivity contribution in [3.8, 4) is 22.8 Å². The van der Waals surface area contributed by atoms with Gasteiger partial charge < -0.3 is 9.47 Å². The largest absolute Gasteiger partial charge is 0.454 e. The van der Waals surface area contributed by atoms with Crippen LogP contribution in [-0.2, 0) is 12.8 Å². The minimum absolute atomic E-state index is 0.300. The molecule has 2 heterocycles. The lowest BCUT2D eigenvalue weighted by Gasteiger charge is -2.22. The molecule has 6 rings (SSSR count). The number of rotatable bonds is 1. The Hall–Kier alpha value is -3.07. The quantitative estimate of drug-likeness (QED) is 0.414. The van der Waals surface area contributed by atoms with E-state index in [1.54, 1.807) is 0 Å². The summed E-state index contributed by atoms with van der Waals surface area (Å²) in [5, 5.41) is 3.94. The summed E-state index contributed by atoms with van der Waals surface area (Å²) in [5.41, 5.74) is 6.19. The zero-order valence-electron chi connectivity index (χ0n) is 15.0. The van der Waals surface area contributed by atoms with E-state index in [9.17, 15) is 0 Å². The third-order valence-electron chi connectivity index (χ3n) is 5.84. The first kappa shape index (κ1) is 15.0. The van der Waals surface area contributed by atoms with Crippen LogP contribution in [0.4, 0.5) is 0 Å². The number of aryl methyl sites for hydroxylation is 1. The topological polar surface area (TPSA) is 31.4 Å². The van der Waals surface area contributed by atoms with E-state index in [2.05, 4.69) is 48.5 Å². The molecular weight excluding hydrogens is 334 g/mol. The molecule has 1 aromatic heterocycles. The molecule has 132 valence electrons. The Morgan fingerprint density at radius 3 is 2.59 bits per heavy atom. The number of hydrogen-bond acceptors (Lipinski definition) is 3. The normalized spacial score (nSPS) is 15.3. The smallest absolute Gasteiger partial charge is 0.231 e. The SMILES string of the molecule is c1ccc2c(c1)ccc1nc(-c3ccc4c(c3)OCO4)c3c(c12)CCCC3. The van der Waals surface area contributed by atoms with Crippen LogP contribution >= 0.6 is 0 Å². The Balaban J connectivity index is 1.68. The number of ether oxygens (including phenoxy) is 2. The molecule has 0 spiro atoms.